The van der Waals surface area contributed by atoms with E-state index in [0.717, 1.165) is 6.42 Å². The number of hydrogen-bond donors (Lipinski definition) is 1. The molecule has 4 nitrogen and oxygen atoms in total. The van der Waals surface area contributed by atoms with Gasteiger partial charge in [-0.1, -0.05) is 18.8 Å². The van der Waals surface area contributed by atoms with Crippen LogP contribution in [0.2, 0.25) is 0 Å². The van der Waals surface area contributed by atoms with E-state index in [1.165, 1.54) is 12.1 Å². The Labute approximate surface area is 123 Å². The monoisotopic (exact) mass is 291 g/mol. The van der Waals surface area contributed by atoms with E-state index in [9.17, 15) is 9.18 Å². The van der Waals surface area contributed by atoms with E-state index in [4.69, 9.17) is 9.84 Å². The molecule has 2 rings (SSSR count). The maximum atomic E-state index is 14.1. The van der Waals surface area contributed by atoms with Gasteiger partial charge in [-0.15, -0.1) is 0 Å². The molecule has 1 fully saturated rings. The van der Waals surface area contributed by atoms with Crippen LogP contribution in [0.1, 0.15) is 29.3 Å². The Morgan fingerprint density at radius 2 is 2.38 bits per heavy atom. The predicted molar refractivity (Wildman–Crippen MR) is 76.3 cm³/mol. The van der Waals surface area contributed by atoms with Crippen LogP contribution in [0.25, 0.3) is 0 Å². The lowest BCUT2D eigenvalue weighted by atomic mass is 10.1. The third-order valence-corrected chi connectivity index (χ3v) is 3.47. The van der Waals surface area contributed by atoms with Crippen LogP contribution < -0.4 is 0 Å². The molecular weight excluding hydrogens is 273 g/mol. The smallest absolute Gasteiger partial charge is 0.257 e. The van der Waals surface area contributed by atoms with E-state index in [1.54, 1.807) is 11.0 Å². The van der Waals surface area contributed by atoms with Crippen molar-refractivity contribution in [2.75, 3.05) is 26.4 Å². The SMILES string of the molecule is CCC1COCCN1C(=O)c1ccc(C#CCO)cc1F. The first-order chi connectivity index (χ1) is 10.2. The number of amides is 1. The summed E-state index contributed by atoms with van der Waals surface area (Å²) in [6.45, 7) is 3.13. The molecule has 0 saturated carbocycles. The molecule has 112 valence electrons. The van der Waals surface area contributed by atoms with Crippen molar-refractivity contribution in [2.45, 2.75) is 19.4 Å². The highest BCUT2D eigenvalue weighted by Gasteiger charge is 2.28. The maximum Gasteiger partial charge on any atom is 0.257 e. The normalized spacial score (nSPS) is 18.0. The van der Waals surface area contributed by atoms with Crippen LogP contribution in [0, 0.1) is 17.7 Å². The Morgan fingerprint density at radius 1 is 1.57 bits per heavy atom. The number of hydrogen-bond acceptors (Lipinski definition) is 3. The van der Waals surface area contributed by atoms with Gasteiger partial charge in [0.05, 0.1) is 24.8 Å². The second-order valence-electron chi connectivity index (χ2n) is 4.79. The Hall–Kier alpha value is -1.90. The third kappa shape index (κ3) is 3.60. The van der Waals surface area contributed by atoms with Crippen molar-refractivity contribution in [2.24, 2.45) is 0 Å². The number of benzene rings is 1. The van der Waals surface area contributed by atoms with Crippen LogP contribution in [-0.4, -0.2) is 48.3 Å². The first-order valence-corrected chi connectivity index (χ1v) is 6.95. The molecular formula is C16H18FNO3. The molecule has 1 aromatic carbocycles. The molecule has 1 saturated heterocycles. The fourth-order valence-corrected chi connectivity index (χ4v) is 2.32. The third-order valence-electron chi connectivity index (χ3n) is 3.47. The molecule has 21 heavy (non-hydrogen) atoms. The summed E-state index contributed by atoms with van der Waals surface area (Å²) in [6.07, 6.45) is 0.771. The summed E-state index contributed by atoms with van der Waals surface area (Å²) in [5.74, 6) is 4.16. The quantitative estimate of drug-likeness (QED) is 0.838. The van der Waals surface area contributed by atoms with Gasteiger partial charge < -0.3 is 14.7 Å². The summed E-state index contributed by atoms with van der Waals surface area (Å²) in [5, 5.41) is 8.63. The van der Waals surface area contributed by atoms with Gasteiger partial charge in [0, 0.05) is 12.1 Å². The number of carbonyl (C=O) groups is 1. The van der Waals surface area contributed by atoms with Gasteiger partial charge in [-0.3, -0.25) is 4.79 Å². The number of morpholine rings is 1. The highest BCUT2D eigenvalue weighted by molar-refractivity contribution is 5.95. The Balaban J connectivity index is 2.22. The Morgan fingerprint density at radius 3 is 3.05 bits per heavy atom. The van der Waals surface area contributed by atoms with Crippen LogP contribution in [0.3, 0.4) is 0 Å². The van der Waals surface area contributed by atoms with Crippen molar-refractivity contribution in [3.05, 3.63) is 35.1 Å². The summed E-state index contributed by atoms with van der Waals surface area (Å²) in [4.78, 5) is 14.1. The lowest BCUT2D eigenvalue weighted by Gasteiger charge is -2.35. The van der Waals surface area contributed by atoms with E-state index >= 15 is 0 Å². The van der Waals surface area contributed by atoms with Gasteiger partial charge >= 0.3 is 0 Å². The molecule has 1 N–H and O–H groups in total. The van der Waals surface area contributed by atoms with Gasteiger partial charge in [0.25, 0.3) is 5.91 Å². The Kier molecular flexibility index (Phi) is 5.32. The van der Waals surface area contributed by atoms with E-state index in [2.05, 4.69) is 11.8 Å². The average Bonchev–Trinajstić information content (AvgIpc) is 2.52. The van der Waals surface area contributed by atoms with Gasteiger partial charge in [0.1, 0.15) is 12.4 Å². The second-order valence-corrected chi connectivity index (χ2v) is 4.79. The highest BCUT2D eigenvalue weighted by atomic mass is 19.1. The number of nitrogens with zero attached hydrogens (tertiary/aromatic N) is 1. The van der Waals surface area contributed by atoms with Crippen molar-refractivity contribution < 1.29 is 19.0 Å². The highest BCUT2D eigenvalue weighted by Crippen LogP contribution is 2.18. The number of carbonyl (C=O) groups excluding carboxylic acids is 1. The van der Waals surface area contributed by atoms with Crippen LogP contribution in [0.5, 0.6) is 0 Å². The summed E-state index contributed by atoms with van der Waals surface area (Å²) in [5.41, 5.74) is 0.483. The van der Waals surface area contributed by atoms with Crippen LogP contribution in [-0.2, 0) is 4.74 Å². The summed E-state index contributed by atoms with van der Waals surface area (Å²) in [7, 11) is 0. The fourth-order valence-electron chi connectivity index (χ4n) is 2.32. The zero-order valence-corrected chi connectivity index (χ0v) is 11.9. The number of ether oxygens (including phenoxy) is 1. The molecule has 1 atom stereocenters. The maximum absolute atomic E-state index is 14.1. The standard InChI is InChI=1S/C16H18FNO3/c1-2-13-11-21-9-7-18(13)16(20)14-6-5-12(4-3-8-19)10-15(14)17/h5-6,10,13,19H,2,7-9,11H2,1H3. The summed E-state index contributed by atoms with van der Waals surface area (Å²) >= 11 is 0. The summed E-state index contributed by atoms with van der Waals surface area (Å²) in [6, 6.07) is 4.23. The molecule has 5 heteroatoms. The minimum atomic E-state index is -0.592. The topological polar surface area (TPSA) is 49.8 Å². The van der Waals surface area contributed by atoms with Crippen molar-refractivity contribution in [3.8, 4) is 11.8 Å². The van der Waals surface area contributed by atoms with E-state index in [0.29, 0.717) is 25.3 Å². The average molecular weight is 291 g/mol. The fraction of sp³-hybridized carbons (Fsp3) is 0.438. The molecule has 1 unspecified atom stereocenters. The molecule has 1 aliphatic heterocycles. The van der Waals surface area contributed by atoms with Gasteiger partial charge in [0.2, 0.25) is 0 Å². The van der Waals surface area contributed by atoms with Crippen molar-refractivity contribution in [3.63, 3.8) is 0 Å². The van der Waals surface area contributed by atoms with Crippen molar-refractivity contribution in [1.29, 1.82) is 0 Å². The number of rotatable bonds is 2. The minimum absolute atomic E-state index is 0.0143. The molecule has 0 aliphatic carbocycles. The molecule has 0 radical (unpaired) electrons. The Bertz CT molecular complexity index is 577. The first-order valence-electron chi connectivity index (χ1n) is 6.95. The molecule has 1 aliphatic rings. The van der Waals surface area contributed by atoms with Crippen LogP contribution >= 0.6 is 0 Å². The number of halogens is 1. The van der Waals surface area contributed by atoms with E-state index in [1.807, 2.05) is 6.92 Å². The molecule has 0 aromatic heterocycles. The lowest BCUT2D eigenvalue weighted by molar-refractivity contribution is -0.00303. The molecule has 1 heterocycles. The van der Waals surface area contributed by atoms with Crippen LogP contribution in [0.4, 0.5) is 4.39 Å². The summed E-state index contributed by atoms with van der Waals surface area (Å²) < 4.78 is 19.5. The predicted octanol–water partition coefficient (Wildman–Crippen LogP) is 1.42. The van der Waals surface area contributed by atoms with E-state index in [-0.39, 0.29) is 24.1 Å². The molecule has 0 spiro atoms. The van der Waals surface area contributed by atoms with Gasteiger partial charge in [-0.2, -0.15) is 0 Å². The molecule has 0 bridgehead atoms. The number of aliphatic hydroxyl groups excluding tert-OH is 1. The zero-order chi connectivity index (χ0) is 15.2. The van der Waals surface area contributed by atoms with Gasteiger partial charge in [0.15, 0.2) is 0 Å². The zero-order valence-electron chi connectivity index (χ0n) is 11.9. The molecule has 1 aromatic rings. The van der Waals surface area contributed by atoms with Crippen molar-refractivity contribution in [1.82, 2.24) is 4.90 Å². The largest absolute Gasteiger partial charge is 0.384 e. The van der Waals surface area contributed by atoms with Gasteiger partial charge in [-0.05, 0) is 24.6 Å². The van der Waals surface area contributed by atoms with Gasteiger partial charge in [-0.25, -0.2) is 4.39 Å². The number of aliphatic hydroxyl groups is 1. The minimum Gasteiger partial charge on any atom is -0.384 e. The van der Waals surface area contributed by atoms with Crippen LogP contribution in [0.15, 0.2) is 18.2 Å². The van der Waals surface area contributed by atoms with Crippen molar-refractivity contribution >= 4 is 5.91 Å². The first kappa shape index (κ1) is 15.5. The second kappa shape index (κ2) is 7.21. The van der Waals surface area contributed by atoms with E-state index < -0.39 is 5.82 Å². The lowest BCUT2D eigenvalue weighted by Crippen LogP contribution is -2.48. The molecule has 1 amide bonds.